The summed E-state index contributed by atoms with van der Waals surface area (Å²) in [6.45, 7) is 5.53. The number of piperidine rings is 1. The number of rotatable bonds is 3. The van der Waals surface area contributed by atoms with Crippen molar-refractivity contribution < 1.29 is 5.11 Å². The number of aliphatic hydroxyl groups excluding tert-OH is 1. The van der Waals surface area contributed by atoms with Crippen LogP contribution in [0.5, 0.6) is 0 Å². The fraction of sp³-hybridized carbons (Fsp3) is 0.647. The Morgan fingerprint density at radius 1 is 1.11 bits per heavy atom. The topological polar surface area (TPSA) is 23.5 Å². The summed E-state index contributed by atoms with van der Waals surface area (Å²) in [4.78, 5) is 2.62. The van der Waals surface area contributed by atoms with Gasteiger partial charge in [-0.1, -0.05) is 38.1 Å². The van der Waals surface area contributed by atoms with Crippen molar-refractivity contribution >= 4 is 0 Å². The van der Waals surface area contributed by atoms with E-state index in [2.05, 4.69) is 43.0 Å². The number of benzene rings is 1. The van der Waals surface area contributed by atoms with E-state index >= 15 is 0 Å². The summed E-state index contributed by atoms with van der Waals surface area (Å²) in [5.74, 6) is 0.607. The van der Waals surface area contributed by atoms with Gasteiger partial charge >= 0.3 is 0 Å². The maximum atomic E-state index is 9.84. The first-order chi connectivity index (χ1) is 9.13. The maximum absolute atomic E-state index is 9.84. The Labute approximate surface area is 116 Å². The number of nitrogens with zero attached hydrogens (tertiary/aromatic N) is 1. The molecule has 2 nitrogen and oxygen atoms in total. The summed E-state index contributed by atoms with van der Waals surface area (Å²) in [5.41, 5.74) is 2.83. The maximum Gasteiger partial charge on any atom is 0.0570 e. The highest BCUT2D eigenvalue weighted by molar-refractivity contribution is 5.25. The lowest BCUT2D eigenvalue weighted by Gasteiger charge is -2.37. The number of aliphatic hydroxyl groups is 1. The van der Waals surface area contributed by atoms with Crippen LogP contribution >= 0.6 is 0 Å². The lowest BCUT2D eigenvalue weighted by molar-refractivity contribution is 0.0310. The Bertz CT molecular complexity index is 411. The second-order valence-electron chi connectivity index (χ2n) is 6.58. The van der Waals surface area contributed by atoms with Crippen molar-refractivity contribution in [1.82, 2.24) is 4.90 Å². The zero-order chi connectivity index (χ0) is 13.4. The molecule has 2 bridgehead atoms. The summed E-state index contributed by atoms with van der Waals surface area (Å²) in [6, 6.07) is 10.3. The molecule has 3 rings (SSSR count). The third kappa shape index (κ3) is 2.70. The van der Waals surface area contributed by atoms with E-state index in [1.165, 1.54) is 24.0 Å². The zero-order valence-corrected chi connectivity index (χ0v) is 12.0. The SMILES string of the molecule is CC(C)c1ccc(CN2C3CCC2CC(O)C3)cc1. The van der Waals surface area contributed by atoms with Crippen LogP contribution in [0.15, 0.2) is 24.3 Å². The van der Waals surface area contributed by atoms with Gasteiger partial charge in [-0.25, -0.2) is 0 Å². The van der Waals surface area contributed by atoms with Crippen molar-refractivity contribution in [3.05, 3.63) is 35.4 Å². The molecule has 0 amide bonds. The van der Waals surface area contributed by atoms with E-state index in [-0.39, 0.29) is 6.10 Å². The van der Waals surface area contributed by atoms with Gasteiger partial charge in [0.15, 0.2) is 0 Å². The van der Waals surface area contributed by atoms with E-state index in [4.69, 9.17) is 0 Å². The molecular formula is C17H25NO. The third-order valence-corrected chi connectivity index (χ3v) is 4.87. The van der Waals surface area contributed by atoms with Gasteiger partial charge in [0.2, 0.25) is 0 Å². The Morgan fingerprint density at radius 3 is 2.21 bits per heavy atom. The molecule has 0 radical (unpaired) electrons. The van der Waals surface area contributed by atoms with Crippen molar-refractivity contribution in [3.8, 4) is 0 Å². The first-order valence-electron chi connectivity index (χ1n) is 7.66. The zero-order valence-electron chi connectivity index (χ0n) is 12.0. The monoisotopic (exact) mass is 259 g/mol. The van der Waals surface area contributed by atoms with Crippen LogP contribution in [0.2, 0.25) is 0 Å². The van der Waals surface area contributed by atoms with Crippen molar-refractivity contribution in [1.29, 1.82) is 0 Å². The van der Waals surface area contributed by atoms with Crippen LogP contribution in [0.1, 0.15) is 56.6 Å². The second kappa shape index (κ2) is 5.26. The first kappa shape index (κ1) is 13.1. The molecule has 2 atom stereocenters. The van der Waals surface area contributed by atoms with E-state index in [9.17, 15) is 5.11 Å². The van der Waals surface area contributed by atoms with Crippen LogP contribution in [-0.2, 0) is 6.54 Å². The first-order valence-corrected chi connectivity index (χ1v) is 7.66. The molecule has 1 N–H and O–H groups in total. The summed E-state index contributed by atoms with van der Waals surface area (Å²) in [5, 5.41) is 9.84. The van der Waals surface area contributed by atoms with Gasteiger partial charge in [0.25, 0.3) is 0 Å². The van der Waals surface area contributed by atoms with Crippen LogP contribution in [0.4, 0.5) is 0 Å². The van der Waals surface area contributed by atoms with Crippen LogP contribution in [0.3, 0.4) is 0 Å². The Kier molecular flexibility index (Phi) is 3.64. The molecule has 0 saturated carbocycles. The molecule has 0 aliphatic carbocycles. The summed E-state index contributed by atoms with van der Waals surface area (Å²) in [6.07, 6.45) is 4.43. The molecule has 104 valence electrons. The largest absolute Gasteiger partial charge is 0.393 e. The molecule has 2 aliphatic rings. The lowest BCUT2D eigenvalue weighted by atomic mass is 9.98. The van der Waals surface area contributed by atoms with Gasteiger partial charge in [-0.15, -0.1) is 0 Å². The normalized spacial score (nSPS) is 31.1. The minimum atomic E-state index is -0.0583. The van der Waals surface area contributed by atoms with Crippen LogP contribution in [0.25, 0.3) is 0 Å². The molecule has 1 aromatic rings. The quantitative estimate of drug-likeness (QED) is 0.900. The molecule has 0 spiro atoms. The predicted molar refractivity (Wildman–Crippen MR) is 78.1 cm³/mol. The standard InChI is InChI=1S/C17H25NO/c1-12(2)14-5-3-13(4-6-14)11-18-15-7-8-16(18)10-17(19)9-15/h3-6,12,15-17,19H,7-11H2,1-2H3. The Hall–Kier alpha value is -0.860. The summed E-state index contributed by atoms with van der Waals surface area (Å²) in [7, 11) is 0. The van der Waals surface area contributed by atoms with E-state index in [1.54, 1.807) is 0 Å². The minimum absolute atomic E-state index is 0.0583. The molecule has 2 aliphatic heterocycles. The van der Waals surface area contributed by atoms with Gasteiger partial charge in [0, 0.05) is 18.6 Å². The van der Waals surface area contributed by atoms with Gasteiger partial charge < -0.3 is 5.11 Å². The predicted octanol–water partition coefficient (Wildman–Crippen LogP) is 3.30. The fourth-order valence-corrected chi connectivity index (χ4v) is 3.72. The number of hydrogen-bond donors (Lipinski definition) is 1. The molecular weight excluding hydrogens is 234 g/mol. The smallest absolute Gasteiger partial charge is 0.0570 e. The van der Waals surface area contributed by atoms with Crippen molar-refractivity contribution in [2.75, 3.05) is 0 Å². The highest BCUT2D eigenvalue weighted by Crippen LogP contribution is 2.36. The average molecular weight is 259 g/mol. The summed E-state index contributed by atoms with van der Waals surface area (Å²) < 4.78 is 0. The van der Waals surface area contributed by atoms with E-state index in [0.29, 0.717) is 18.0 Å². The third-order valence-electron chi connectivity index (χ3n) is 4.87. The van der Waals surface area contributed by atoms with Crippen LogP contribution < -0.4 is 0 Å². The highest BCUT2D eigenvalue weighted by atomic mass is 16.3. The Morgan fingerprint density at radius 2 is 1.68 bits per heavy atom. The number of hydrogen-bond acceptors (Lipinski definition) is 2. The number of fused-ring (bicyclic) bond motifs is 2. The van der Waals surface area contributed by atoms with Crippen LogP contribution in [-0.4, -0.2) is 28.2 Å². The molecule has 2 fully saturated rings. The molecule has 1 aromatic carbocycles. The molecule has 0 aromatic heterocycles. The molecule has 19 heavy (non-hydrogen) atoms. The van der Waals surface area contributed by atoms with Gasteiger partial charge in [-0.3, -0.25) is 4.90 Å². The van der Waals surface area contributed by atoms with E-state index in [1.807, 2.05) is 0 Å². The van der Waals surface area contributed by atoms with Crippen molar-refractivity contribution in [3.63, 3.8) is 0 Å². The van der Waals surface area contributed by atoms with Gasteiger partial charge in [-0.2, -0.15) is 0 Å². The van der Waals surface area contributed by atoms with E-state index < -0.39 is 0 Å². The van der Waals surface area contributed by atoms with Gasteiger partial charge in [-0.05, 0) is 42.7 Å². The molecule has 2 heterocycles. The van der Waals surface area contributed by atoms with Gasteiger partial charge in [0.05, 0.1) is 6.10 Å². The average Bonchev–Trinajstić information content (AvgIpc) is 2.62. The van der Waals surface area contributed by atoms with Crippen LogP contribution in [0, 0.1) is 0 Å². The fourth-order valence-electron chi connectivity index (χ4n) is 3.72. The summed E-state index contributed by atoms with van der Waals surface area (Å²) >= 11 is 0. The molecule has 2 unspecified atom stereocenters. The second-order valence-corrected chi connectivity index (χ2v) is 6.58. The highest BCUT2D eigenvalue weighted by Gasteiger charge is 2.39. The van der Waals surface area contributed by atoms with Gasteiger partial charge in [0.1, 0.15) is 0 Å². The minimum Gasteiger partial charge on any atom is -0.393 e. The molecule has 2 heteroatoms. The van der Waals surface area contributed by atoms with Crippen molar-refractivity contribution in [2.24, 2.45) is 0 Å². The van der Waals surface area contributed by atoms with E-state index in [0.717, 1.165) is 19.4 Å². The van der Waals surface area contributed by atoms with Crippen molar-refractivity contribution in [2.45, 2.75) is 70.2 Å². The lowest BCUT2D eigenvalue weighted by Crippen LogP contribution is -2.44. The Balaban J connectivity index is 1.68. The molecule has 2 saturated heterocycles.